The largest absolute Gasteiger partial charge is 0.357 e. The molecule has 0 bridgehead atoms. The molecule has 0 spiro atoms. The quantitative estimate of drug-likeness (QED) is 0.431. The fraction of sp³-hybridized carbons (Fsp3) is 0.500. The van der Waals surface area contributed by atoms with Gasteiger partial charge in [0, 0.05) is 36.0 Å². The van der Waals surface area contributed by atoms with Crippen LogP contribution in [0.15, 0.2) is 40.7 Å². The number of aromatic nitrogens is 1. The van der Waals surface area contributed by atoms with Crippen molar-refractivity contribution in [3.63, 3.8) is 0 Å². The molecular weight excluding hydrogens is 328 g/mol. The normalized spacial score (nSPS) is 15.8. The number of guanidine groups is 1. The Kier molecular flexibility index (Phi) is 6.08. The summed E-state index contributed by atoms with van der Waals surface area (Å²) in [5, 5.41) is 10.2. The maximum absolute atomic E-state index is 4.85. The van der Waals surface area contributed by atoms with Crippen molar-refractivity contribution < 1.29 is 0 Å². The standard InChI is InChI=1S/C20H28N4S/c1-3-21-19(22-13-7-10-18-24-16(2)14-25-18)23-15-20(11-12-20)17-8-5-4-6-9-17/h4-6,8-9,14H,3,7,10-13,15H2,1-2H3,(H2,21,22,23). The molecule has 1 saturated carbocycles. The second-order valence-corrected chi connectivity index (χ2v) is 7.70. The number of nitrogens with zero attached hydrogens (tertiary/aromatic N) is 2. The molecule has 2 N–H and O–H groups in total. The Hall–Kier alpha value is -1.88. The van der Waals surface area contributed by atoms with Gasteiger partial charge in [0.15, 0.2) is 5.96 Å². The van der Waals surface area contributed by atoms with E-state index in [1.54, 1.807) is 11.3 Å². The van der Waals surface area contributed by atoms with Gasteiger partial charge in [-0.05, 0) is 38.7 Å². The van der Waals surface area contributed by atoms with Crippen LogP contribution in [0, 0.1) is 6.92 Å². The highest BCUT2D eigenvalue weighted by Gasteiger charge is 2.43. The molecule has 1 aliphatic carbocycles. The summed E-state index contributed by atoms with van der Waals surface area (Å²) in [5.74, 6) is 0.931. The van der Waals surface area contributed by atoms with Crippen LogP contribution < -0.4 is 10.6 Å². The molecule has 134 valence electrons. The molecule has 1 aromatic heterocycles. The molecule has 0 radical (unpaired) electrons. The highest BCUT2D eigenvalue weighted by Crippen LogP contribution is 2.48. The fourth-order valence-electron chi connectivity index (χ4n) is 3.02. The van der Waals surface area contributed by atoms with Crippen molar-refractivity contribution in [2.24, 2.45) is 4.99 Å². The first kappa shape index (κ1) is 17.9. The molecule has 5 heteroatoms. The number of hydrogen-bond donors (Lipinski definition) is 2. The highest BCUT2D eigenvalue weighted by molar-refractivity contribution is 7.09. The molecule has 1 aliphatic rings. The molecule has 3 rings (SSSR count). The van der Waals surface area contributed by atoms with Crippen LogP contribution in [-0.2, 0) is 11.8 Å². The number of benzene rings is 1. The van der Waals surface area contributed by atoms with Gasteiger partial charge < -0.3 is 10.6 Å². The minimum atomic E-state index is 0.266. The summed E-state index contributed by atoms with van der Waals surface area (Å²) < 4.78 is 0. The molecule has 0 atom stereocenters. The van der Waals surface area contributed by atoms with E-state index in [0.29, 0.717) is 0 Å². The Labute approximate surface area is 154 Å². The summed E-state index contributed by atoms with van der Waals surface area (Å²) in [6.45, 7) is 6.82. The van der Waals surface area contributed by atoms with E-state index >= 15 is 0 Å². The first-order valence-corrected chi connectivity index (χ1v) is 10.1. The second kappa shape index (κ2) is 8.48. The van der Waals surface area contributed by atoms with Crippen LogP contribution in [0.2, 0.25) is 0 Å². The predicted molar refractivity (Wildman–Crippen MR) is 107 cm³/mol. The van der Waals surface area contributed by atoms with Crippen molar-refractivity contribution in [2.45, 2.75) is 44.9 Å². The van der Waals surface area contributed by atoms with Crippen LogP contribution in [0.4, 0.5) is 0 Å². The number of nitrogens with one attached hydrogen (secondary N) is 2. The van der Waals surface area contributed by atoms with E-state index in [1.165, 1.54) is 23.4 Å². The highest BCUT2D eigenvalue weighted by atomic mass is 32.1. The first-order valence-electron chi connectivity index (χ1n) is 9.20. The molecule has 1 heterocycles. The van der Waals surface area contributed by atoms with E-state index in [2.05, 4.69) is 65.2 Å². The zero-order valence-corrected chi connectivity index (χ0v) is 16.0. The van der Waals surface area contributed by atoms with E-state index in [9.17, 15) is 0 Å². The average Bonchev–Trinajstić information content (AvgIpc) is 3.32. The molecule has 0 aliphatic heterocycles. The van der Waals surface area contributed by atoms with Crippen molar-refractivity contribution in [1.82, 2.24) is 15.6 Å². The van der Waals surface area contributed by atoms with E-state index in [4.69, 9.17) is 4.99 Å². The van der Waals surface area contributed by atoms with Gasteiger partial charge in [-0.25, -0.2) is 4.98 Å². The number of thiazole rings is 1. The number of rotatable bonds is 8. The lowest BCUT2D eigenvalue weighted by Gasteiger charge is -2.16. The van der Waals surface area contributed by atoms with Crippen LogP contribution in [0.5, 0.6) is 0 Å². The van der Waals surface area contributed by atoms with Gasteiger partial charge in [0.05, 0.1) is 11.6 Å². The van der Waals surface area contributed by atoms with Crippen LogP contribution >= 0.6 is 11.3 Å². The summed E-state index contributed by atoms with van der Waals surface area (Å²) in [6.07, 6.45) is 4.58. The number of aliphatic imine (C=N–C) groups is 1. The minimum absolute atomic E-state index is 0.266. The number of hydrogen-bond acceptors (Lipinski definition) is 3. The van der Waals surface area contributed by atoms with Crippen molar-refractivity contribution in [3.8, 4) is 0 Å². The number of aryl methyl sites for hydroxylation is 2. The summed E-state index contributed by atoms with van der Waals surface area (Å²) in [4.78, 5) is 9.37. The summed E-state index contributed by atoms with van der Waals surface area (Å²) in [5.41, 5.74) is 2.81. The van der Waals surface area contributed by atoms with E-state index in [1.807, 2.05) is 0 Å². The van der Waals surface area contributed by atoms with Crippen LogP contribution in [-0.4, -0.2) is 30.6 Å². The average molecular weight is 357 g/mol. The Balaban J connectivity index is 1.49. The SMILES string of the molecule is CCNC(=NCC1(c2ccccc2)CC1)NCCCc1nc(C)cs1. The summed E-state index contributed by atoms with van der Waals surface area (Å²) >= 11 is 1.75. The monoisotopic (exact) mass is 356 g/mol. The van der Waals surface area contributed by atoms with Gasteiger partial charge in [0.25, 0.3) is 0 Å². The molecule has 0 amide bonds. The third kappa shape index (κ3) is 5.05. The van der Waals surface area contributed by atoms with Crippen molar-refractivity contribution in [1.29, 1.82) is 0 Å². The van der Waals surface area contributed by atoms with Gasteiger partial charge >= 0.3 is 0 Å². The third-order valence-corrected chi connectivity index (χ3v) is 5.68. The van der Waals surface area contributed by atoms with E-state index in [-0.39, 0.29) is 5.41 Å². The molecule has 1 fully saturated rings. The fourth-order valence-corrected chi connectivity index (χ4v) is 3.83. The van der Waals surface area contributed by atoms with E-state index in [0.717, 1.165) is 44.1 Å². The second-order valence-electron chi connectivity index (χ2n) is 6.75. The minimum Gasteiger partial charge on any atom is -0.357 e. The van der Waals surface area contributed by atoms with Crippen molar-refractivity contribution >= 4 is 17.3 Å². The lowest BCUT2D eigenvalue weighted by atomic mass is 9.96. The molecule has 1 aromatic carbocycles. The van der Waals surface area contributed by atoms with Crippen LogP contribution in [0.1, 0.15) is 42.5 Å². The molecule has 0 saturated heterocycles. The molecule has 25 heavy (non-hydrogen) atoms. The topological polar surface area (TPSA) is 49.3 Å². The molecule has 4 nitrogen and oxygen atoms in total. The third-order valence-electron chi connectivity index (χ3n) is 4.65. The Morgan fingerprint density at radius 3 is 2.68 bits per heavy atom. The summed E-state index contributed by atoms with van der Waals surface area (Å²) in [6, 6.07) is 10.8. The summed E-state index contributed by atoms with van der Waals surface area (Å²) in [7, 11) is 0. The van der Waals surface area contributed by atoms with Crippen LogP contribution in [0.3, 0.4) is 0 Å². The predicted octanol–water partition coefficient (Wildman–Crippen LogP) is 3.67. The van der Waals surface area contributed by atoms with Crippen molar-refractivity contribution in [2.75, 3.05) is 19.6 Å². The van der Waals surface area contributed by atoms with Gasteiger partial charge in [0.2, 0.25) is 0 Å². The Morgan fingerprint density at radius 1 is 1.24 bits per heavy atom. The van der Waals surface area contributed by atoms with Gasteiger partial charge in [0.1, 0.15) is 0 Å². The molecule has 2 aromatic rings. The lowest BCUT2D eigenvalue weighted by molar-refractivity contribution is 0.686. The molecule has 0 unspecified atom stereocenters. The maximum Gasteiger partial charge on any atom is 0.191 e. The smallest absolute Gasteiger partial charge is 0.191 e. The Bertz CT molecular complexity index is 689. The van der Waals surface area contributed by atoms with Crippen LogP contribution in [0.25, 0.3) is 0 Å². The van der Waals surface area contributed by atoms with Gasteiger partial charge in [-0.2, -0.15) is 0 Å². The van der Waals surface area contributed by atoms with Gasteiger partial charge in [-0.1, -0.05) is 30.3 Å². The maximum atomic E-state index is 4.85. The Morgan fingerprint density at radius 2 is 2.04 bits per heavy atom. The lowest BCUT2D eigenvalue weighted by Crippen LogP contribution is -2.38. The van der Waals surface area contributed by atoms with Gasteiger partial charge in [-0.15, -0.1) is 11.3 Å². The van der Waals surface area contributed by atoms with E-state index < -0.39 is 0 Å². The van der Waals surface area contributed by atoms with Gasteiger partial charge in [-0.3, -0.25) is 4.99 Å². The molecular formula is C20H28N4S. The zero-order chi connectivity index (χ0) is 17.5. The first-order chi connectivity index (χ1) is 12.2. The van der Waals surface area contributed by atoms with Crippen molar-refractivity contribution in [3.05, 3.63) is 52.0 Å². The zero-order valence-electron chi connectivity index (χ0n) is 15.2.